The van der Waals surface area contributed by atoms with Crippen molar-refractivity contribution in [2.45, 2.75) is 24.8 Å². The Balaban J connectivity index is 1.35. The molecule has 2 aromatic rings. The van der Waals surface area contributed by atoms with E-state index in [9.17, 15) is 4.79 Å². The molecule has 3 rings (SSSR count). The van der Waals surface area contributed by atoms with E-state index in [1.807, 2.05) is 24.3 Å². The third-order valence-electron chi connectivity index (χ3n) is 4.23. The Kier molecular flexibility index (Phi) is 6.33. The van der Waals surface area contributed by atoms with Gasteiger partial charge in [-0.25, -0.2) is 0 Å². The standard InChI is InChI=1S/C20H24N2OS/c23-20(16-24-15-18-9-5-2-6-10-18)21-19-11-12-22(14-19)13-17-7-3-1-4-8-17/h1-10,19H,11-16H2,(H,21,23)/t19-/m0/s1. The second-order valence-corrected chi connectivity index (χ2v) is 7.24. The second-order valence-electron chi connectivity index (χ2n) is 6.25. The van der Waals surface area contributed by atoms with E-state index in [2.05, 4.69) is 46.6 Å². The van der Waals surface area contributed by atoms with E-state index in [-0.39, 0.29) is 5.91 Å². The van der Waals surface area contributed by atoms with Crippen molar-refractivity contribution in [2.24, 2.45) is 0 Å². The van der Waals surface area contributed by atoms with E-state index in [0.717, 1.165) is 31.8 Å². The predicted molar refractivity (Wildman–Crippen MR) is 101 cm³/mol. The molecule has 1 aliphatic rings. The number of rotatable bonds is 7. The normalized spacial score (nSPS) is 17.8. The fraction of sp³-hybridized carbons (Fsp3) is 0.350. The van der Waals surface area contributed by atoms with Crippen molar-refractivity contribution in [3.8, 4) is 0 Å². The van der Waals surface area contributed by atoms with Crippen molar-refractivity contribution < 1.29 is 4.79 Å². The molecular weight excluding hydrogens is 316 g/mol. The van der Waals surface area contributed by atoms with Crippen LogP contribution in [-0.2, 0) is 17.1 Å². The average molecular weight is 340 g/mol. The maximum atomic E-state index is 12.1. The van der Waals surface area contributed by atoms with Crippen LogP contribution in [0, 0.1) is 0 Å². The predicted octanol–water partition coefficient (Wildman–Crippen LogP) is 3.31. The molecule has 0 unspecified atom stereocenters. The molecule has 0 aliphatic carbocycles. The maximum Gasteiger partial charge on any atom is 0.230 e. The van der Waals surface area contributed by atoms with Gasteiger partial charge in [0.15, 0.2) is 0 Å². The minimum absolute atomic E-state index is 0.155. The highest BCUT2D eigenvalue weighted by Crippen LogP contribution is 2.15. The Morgan fingerprint density at radius 2 is 1.71 bits per heavy atom. The fourth-order valence-electron chi connectivity index (χ4n) is 3.04. The van der Waals surface area contributed by atoms with Crippen molar-refractivity contribution >= 4 is 17.7 Å². The van der Waals surface area contributed by atoms with Gasteiger partial charge in [0.2, 0.25) is 5.91 Å². The summed E-state index contributed by atoms with van der Waals surface area (Å²) in [5.41, 5.74) is 2.60. The third-order valence-corrected chi connectivity index (χ3v) is 5.23. The van der Waals surface area contributed by atoms with Crippen molar-refractivity contribution in [1.82, 2.24) is 10.2 Å². The molecule has 4 heteroatoms. The van der Waals surface area contributed by atoms with Crippen LogP contribution in [-0.4, -0.2) is 35.7 Å². The van der Waals surface area contributed by atoms with Crippen molar-refractivity contribution in [1.29, 1.82) is 0 Å². The fourth-order valence-corrected chi connectivity index (χ4v) is 3.84. The van der Waals surface area contributed by atoms with E-state index in [0.29, 0.717) is 11.8 Å². The molecule has 1 heterocycles. The quantitative estimate of drug-likeness (QED) is 0.839. The first-order valence-corrected chi connectivity index (χ1v) is 9.62. The zero-order chi connectivity index (χ0) is 16.6. The smallest absolute Gasteiger partial charge is 0.230 e. The van der Waals surface area contributed by atoms with Gasteiger partial charge in [-0.15, -0.1) is 11.8 Å². The summed E-state index contributed by atoms with van der Waals surface area (Å²) in [5, 5.41) is 3.18. The number of carbonyl (C=O) groups is 1. The highest BCUT2D eigenvalue weighted by atomic mass is 32.2. The van der Waals surface area contributed by atoms with Crippen LogP contribution in [0.2, 0.25) is 0 Å². The summed E-state index contributed by atoms with van der Waals surface area (Å²) in [7, 11) is 0. The van der Waals surface area contributed by atoms with Crippen LogP contribution in [0.4, 0.5) is 0 Å². The molecule has 1 aliphatic heterocycles. The molecule has 2 aromatic carbocycles. The zero-order valence-electron chi connectivity index (χ0n) is 13.9. The summed E-state index contributed by atoms with van der Waals surface area (Å²) in [6, 6.07) is 21.1. The first kappa shape index (κ1) is 17.1. The van der Waals surface area contributed by atoms with Crippen LogP contribution < -0.4 is 5.32 Å². The second kappa shape index (κ2) is 8.90. The zero-order valence-corrected chi connectivity index (χ0v) is 14.7. The van der Waals surface area contributed by atoms with Gasteiger partial charge in [0, 0.05) is 31.4 Å². The van der Waals surface area contributed by atoms with Gasteiger partial charge in [0.05, 0.1) is 5.75 Å². The number of amides is 1. The lowest BCUT2D eigenvalue weighted by Crippen LogP contribution is -2.38. The topological polar surface area (TPSA) is 32.3 Å². The summed E-state index contributed by atoms with van der Waals surface area (Å²) in [4.78, 5) is 14.5. The van der Waals surface area contributed by atoms with Crippen LogP contribution in [0.3, 0.4) is 0 Å². The average Bonchev–Trinajstić information content (AvgIpc) is 3.03. The Hall–Kier alpha value is -1.78. The molecule has 0 bridgehead atoms. The number of hydrogen-bond acceptors (Lipinski definition) is 3. The summed E-state index contributed by atoms with van der Waals surface area (Å²) in [6.45, 7) is 2.97. The van der Waals surface area contributed by atoms with E-state index in [4.69, 9.17) is 0 Å². The van der Waals surface area contributed by atoms with Crippen LogP contribution in [0.25, 0.3) is 0 Å². The van der Waals surface area contributed by atoms with Crippen LogP contribution in [0.1, 0.15) is 17.5 Å². The summed E-state index contributed by atoms with van der Waals surface area (Å²) in [6.07, 6.45) is 1.04. The molecule has 126 valence electrons. The Morgan fingerprint density at radius 1 is 1.04 bits per heavy atom. The number of hydrogen-bond donors (Lipinski definition) is 1. The largest absolute Gasteiger partial charge is 0.351 e. The molecule has 1 amide bonds. The first-order valence-electron chi connectivity index (χ1n) is 8.47. The molecule has 0 radical (unpaired) electrons. The Labute approximate surface area is 148 Å². The van der Waals surface area contributed by atoms with Gasteiger partial charge in [-0.3, -0.25) is 9.69 Å². The van der Waals surface area contributed by atoms with Gasteiger partial charge in [-0.2, -0.15) is 0 Å². The first-order chi connectivity index (χ1) is 11.8. The lowest BCUT2D eigenvalue weighted by Gasteiger charge is -2.16. The van der Waals surface area contributed by atoms with E-state index in [1.165, 1.54) is 11.1 Å². The maximum absolute atomic E-state index is 12.1. The van der Waals surface area contributed by atoms with Gasteiger partial charge in [0.25, 0.3) is 0 Å². The van der Waals surface area contributed by atoms with Crippen molar-refractivity contribution in [3.63, 3.8) is 0 Å². The van der Waals surface area contributed by atoms with Crippen LogP contribution >= 0.6 is 11.8 Å². The van der Waals surface area contributed by atoms with Crippen molar-refractivity contribution in [3.05, 3.63) is 71.8 Å². The van der Waals surface area contributed by atoms with E-state index < -0.39 is 0 Å². The Morgan fingerprint density at radius 3 is 2.42 bits per heavy atom. The SMILES string of the molecule is O=C(CSCc1ccccc1)N[C@H]1CCN(Cc2ccccc2)C1. The van der Waals surface area contributed by atoms with Gasteiger partial charge < -0.3 is 5.32 Å². The number of carbonyl (C=O) groups excluding carboxylic acids is 1. The molecular formula is C20H24N2OS. The molecule has 1 atom stereocenters. The molecule has 0 aromatic heterocycles. The highest BCUT2D eigenvalue weighted by Gasteiger charge is 2.23. The molecule has 0 spiro atoms. The Bertz CT molecular complexity index is 633. The van der Waals surface area contributed by atoms with Gasteiger partial charge >= 0.3 is 0 Å². The number of likely N-dealkylation sites (tertiary alicyclic amines) is 1. The van der Waals surface area contributed by atoms with Crippen LogP contribution in [0.15, 0.2) is 60.7 Å². The monoisotopic (exact) mass is 340 g/mol. The summed E-state index contributed by atoms with van der Waals surface area (Å²) >= 11 is 1.68. The number of benzene rings is 2. The molecule has 3 nitrogen and oxygen atoms in total. The van der Waals surface area contributed by atoms with E-state index in [1.54, 1.807) is 11.8 Å². The summed E-state index contributed by atoms with van der Waals surface area (Å²) in [5.74, 6) is 1.57. The molecule has 1 saturated heterocycles. The molecule has 24 heavy (non-hydrogen) atoms. The minimum atomic E-state index is 0.155. The van der Waals surface area contributed by atoms with Gasteiger partial charge in [0.1, 0.15) is 0 Å². The van der Waals surface area contributed by atoms with Crippen LogP contribution in [0.5, 0.6) is 0 Å². The van der Waals surface area contributed by atoms with E-state index >= 15 is 0 Å². The number of nitrogens with one attached hydrogen (secondary N) is 1. The summed E-state index contributed by atoms with van der Waals surface area (Å²) < 4.78 is 0. The molecule has 1 N–H and O–H groups in total. The highest BCUT2D eigenvalue weighted by molar-refractivity contribution is 7.99. The lowest BCUT2D eigenvalue weighted by molar-refractivity contribution is -0.119. The van der Waals surface area contributed by atoms with Gasteiger partial charge in [-0.1, -0.05) is 60.7 Å². The minimum Gasteiger partial charge on any atom is -0.351 e. The number of nitrogens with zero attached hydrogens (tertiary/aromatic N) is 1. The lowest BCUT2D eigenvalue weighted by atomic mass is 10.2. The molecule has 1 fully saturated rings. The van der Waals surface area contributed by atoms with Crippen molar-refractivity contribution in [2.75, 3.05) is 18.8 Å². The third kappa shape index (κ3) is 5.39. The van der Waals surface area contributed by atoms with Gasteiger partial charge in [-0.05, 0) is 17.5 Å². The molecule has 0 saturated carbocycles. The number of thioether (sulfide) groups is 1.